The van der Waals surface area contributed by atoms with Crippen molar-refractivity contribution < 1.29 is 14.3 Å². The molecule has 10 heteroatoms. The molecule has 2 amide bonds. The number of anilines is 2. The first-order valence-electron chi connectivity index (χ1n) is 9.71. The Hall–Kier alpha value is -4.42. The van der Waals surface area contributed by atoms with Gasteiger partial charge in [-0.15, -0.1) is 0 Å². The van der Waals surface area contributed by atoms with Crippen LogP contribution in [-0.2, 0) is 4.74 Å². The number of hydrogen-bond acceptors (Lipinski definition) is 6. The fraction of sp³-hybridized carbons (Fsp3) is 0.0870. The maximum absolute atomic E-state index is 13.4. The van der Waals surface area contributed by atoms with Crippen LogP contribution >= 0.6 is 11.6 Å². The molecule has 0 saturated carbocycles. The number of hydrogen-bond donors (Lipinski definition) is 2. The number of carbonyl (C=O) groups is 2. The molecule has 0 saturated heterocycles. The summed E-state index contributed by atoms with van der Waals surface area (Å²) in [6, 6.07) is 12.2. The number of aromatic nitrogens is 3. The number of amides is 2. The molecule has 0 aliphatic heterocycles. The third kappa shape index (κ3) is 4.20. The van der Waals surface area contributed by atoms with Crippen LogP contribution in [0.5, 0.6) is 0 Å². The molecular weight excluding hydrogens is 444 g/mol. The molecule has 3 aromatic heterocycles. The van der Waals surface area contributed by atoms with E-state index in [1.807, 2.05) is 18.2 Å². The van der Waals surface area contributed by atoms with Crippen LogP contribution in [0, 0.1) is 18.3 Å². The van der Waals surface area contributed by atoms with Crippen molar-refractivity contribution in [1.29, 1.82) is 5.26 Å². The molecule has 33 heavy (non-hydrogen) atoms. The van der Waals surface area contributed by atoms with Crippen molar-refractivity contribution in [3.63, 3.8) is 0 Å². The summed E-state index contributed by atoms with van der Waals surface area (Å²) >= 11 is 6.34. The van der Waals surface area contributed by atoms with E-state index in [9.17, 15) is 14.9 Å². The molecule has 0 unspecified atom stereocenters. The quantitative estimate of drug-likeness (QED) is 0.427. The average Bonchev–Trinajstić information content (AvgIpc) is 3.29. The maximum atomic E-state index is 13.4. The van der Waals surface area contributed by atoms with Gasteiger partial charge in [-0.2, -0.15) is 5.26 Å². The van der Waals surface area contributed by atoms with E-state index in [1.165, 1.54) is 13.2 Å². The summed E-state index contributed by atoms with van der Waals surface area (Å²) in [6.45, 7) is 1.71. The van der Waals surface area contributed by atoms with Crippen LogP contribution in [0.2, 0.25) is 5.15 Å². The molecule has 4 aromatic rings. The van der Waals surface area contributed by atoms with Crippen molar-refractivity contribution in [3.05, 3.63) is 77.0 Å². The van der Waals surface area contributed by atoms with Gasteiger partial charge in [0.25, 0.3) is 5.91 Å². The molecule has 164 valence electrons. The van der Waals surface area contributed by atoms with Crippen LogP contribution in [0.1, 0.15) is 21.6 Å². The zero-order valence-corrected chi connectivity index (χ0v) is 18.3. The van der Waals surface area contributed by atoms with Gasteiger partial charge in [0.2, 0.25) is 0 Å². The summed E-state index contributed by atoms with van der Waals surface area (Å²) in [6.07, 6.45) is 4.18. The number of nitriles is 1. The van der Waals surface area contributed by atoms with Crippen molar-refractivity contribution in [2.45, 2.75) is 6.92 Å². The Labute approximate surface area is 193 Å². The predicted octanol–water partition coefficient (Wildman–Crippen LogP) is 4.66. The van der Waals surface area contributed by atoms with Crippen LogP contribution in [0.15, 0.2) is 55.0 Å². The molecule has 1 aromatic carbocycles. The molecule has 0 spiro atoms. The van der Waals surface area contributed by atoms with Gasteiger partial charge >= 0.3 is 6.09 Å². The molecule has 9 nitrogen and oxygen atoms in total. The first kappa shape index (κ1) is 21.8. The monoisotopic (exact) mass is 460 g/mol. The zero-order valence-electron chi connectivity index (χ0n) is 17.6. The molecule has 0 aliphatic carbocycles. The Kier molecular flexibility index (Phi) is 5.93. The normalized spacial score (nSPS) is 10.5. The molecule has 0 aliphatic rings. The Morgan fingerprint density at radius 1 is 1.18 bits per heavy atom. The van der Waals surface area contributed by atoms with Crippen molar-refractivity contribution in [1.82, 2.24) is 14.4 Å². The molecule has 0 radical (unpaired) electrons. The lowest BCUT2D eigenvalue weighted by Crippen LogP contribution is -2.20. The molecule has 2 N–H and O–H groups in total. The van der Waals surface area contributed by atoms with Crippen molar-refractivity contribution in [2.75, 3.05) is 17.7 Å². The number of pyridine rings is 1. The summed E-state index contributed by atoms with van der Waals surface area (Å²) < 4.78 is 6.45. The minimum Gasteiger partial charge on any atom is -0.453 e. The Bertz CT molecular complexity index is 1440. The highest BCUT2D eigenvalue weighted by Crippen LogP contribution is 2.32. The number of ether oxygens (including phenoxy) is 1. The number of nitrogens with zero attached hydrogens (tertiary/aromatic N) is 4. The van der Waals surface area contributed by atoms with Gasteiger partial charge in [-0.05, 0) is 48.9 Å². The smallest absolute Gasteiger partial charge is 0.411 e. The summed E-state index contributed by atoms with van der Waals surface area (Å²) in [5.74, 6) is -0.541. The van der Waals surface area contributed by atoms with Gasteiger partial charge in [0.15, 0.2) is 5.69 Å². The summed E-state index contributed by atoms with van der Waals surface area (Å²) in [5, 5.41) is 14.8. The van der Waals surface area contributed by atoms with Crippen LogP contribution < -0.4 is 10.6 Å². The number of methoxy groups -OCH3 is 1. The van der Waals surface area contributed by atoms with Crippen molar-refractivity contribution >= 4 is 40.5 Å². The summed E-state index contributed by atoms with van der Waals surface area (Å²) in [7, 11) is 1.22. The van der Waals surface area contributed by atoms with Crippen LogP contribution in [-0.4, -0.2) is 33.5 Å². The highest BCUT2D eigenvalue weighted by atomic mass is 35.5. The third-order valence-corrected chi connectivity index (χ3v) is 5.23. The number of carbonyl (C=O) groups excluding carboxylic acids is 2. The van der Waals surface area contributed by atoms with E-state index < -0.39 is 12.0 Å². The van der Waals surface area contributed by atoms with E-state index in [-0.39, 0.29) is 16.5 Å². The minimum atomic E-state index is -0.741. The lowest BCUT2D eigenvalue weighted by Gasteiger charge is -2.17. The highest BCUT2D eigenvalue weighted by molar-refractivity contribution is 6.32. The Balaban J connectivity index is 1.83. The van der Waals surface area contributed by atoms with Gasteiger partial charge in [0.1, 0.15) is 5.15 Å². The number of rotatable bonds is 4. The maximum Gasteiger partial charge on any atom is 0.411 e. The largest absolute Gasteiger partial charge is 0.453 e. The number of fused-ring (bicyclic) bond motifs is 1. The first-order valence-corrected chi connectivity index (χ1v) is 10.1. The van der Waals surface area contributed by atoms with Crippen LogP contribution in [0.25, 0.3) is 16.8 Å². The number of nitrogens with one attached hydrogen (secondary N) is 2. The predicted molar refractivity (Wildman–Crippen MR) is 123 cm³/mol. The van der Waals surface area contributed by atoms with Crippen molar-refractivity contribution in [3.8, 4) is 17.3 Å². The van der Waals surface area contributed by atoms with Crippen LogP contribution in [0.4, 0.5) is 16.2 Å². The molecule has 0 fully saturated rings. The summed E-state index contributed by atoms with van der Waals surface area (Å²) in [4.78, 5) is 33.8. The molecule has 0 bridgehead atoms. The molecular formula is C23H17ClN6O3. The van der Waals surface area contributed by atoms with E-state index in [0.29, 0.717) is 28.1 Å². The van der Waals surface area contributed by atoms with E-state index in [1.54, 1.807) is 48.1 Å². The molecule has 0 atom stereocenters. The van der Waals surface area contributed by atoms with E-state index >= 15 is 0 Å². The van der Waals surface area contributed by atoms with Gasteiger partial charge in [0.05, 0.1) is 47.5 Å². The fourth-order valence-electron chi connectivity index (χ4n) is 3.44. The Morgan fingerprint density at radius 3 is 2.73 bits per heavy atom. The number of halogens is 1. The standard InChI is InChI=1S/C23H17ClN6O3/c1-13-9-14(11-25)10-17(28-23(32)33-2)18(13)29-22(31)19-20(16-6-3-7-26-21(16)24)30-8-4-5-15(30)12-27-19/h3-10,12H,1-2H3,(H,28,32)(H,29,31). The van der Waals surface area contributed by atoms with E-state index in [0.717, 1.165) is 5.52 Å². The lowest BCUT2D eigenvalue weighted by atomic mass is 10.1. The number of aryl methyl sites for hydroxylation is 1. The fourth-order valence-corrected chi connectivity index (χ4v) is 3.65. The van der Waals surface area contributed by atoms with Gasteiger partial charge in [-0.1, -0.05) is 11.6 Å². The second-order valence-corrected chi connectivity index (χ2v) is 7.36. The molecule has 4 rings (SSSR count). The van der Waals surface area contributed by atoms with E-state index in [2.05, 4.69) is 25.3 Å². The van der Waals surface area contributed by atoms with Crippen molar-refractivity contribution in [2.24, 2.45) is 0 Å². The van der Waals surface area contributed by atoms with Gasteiger partial charge in [-0.3, -0.25) is 10.1 Å². The van der Waals surface area contributed by atoms with Crippen LogP contribution in [0.3, 0.4) is 0 Å². The van der Waals surface area contributed by atoms with Gasteiger partial charge in [-0.25, -0.2) is 14.8 Å². The summed E-state index contributed by atoms with van der Waals surface area (Å²) in [5.41, 5.74) is 3.26. The number of benzene rings is 1. The lowest BCUT2D eigenvalue weighted by molar-refractivity contribution is 0.102. The average molecular weight is 461 g/mol. The Morgan fingerprint density at radius 2 is 2.00 bits per heavy atom. The third-order valence-electron chi connectivity index (χ3n) is 4.93. The zero-order chi connectivity index (χ0) is 23.5. The first-order chi connectivity index (χ1) is 15.9. The topological polar surface area (TPSA) is 121 Å². The molecule has 3 heterocycles. The minimum absolute atomic E-state index is 0.0985. The van der Waals surface area contributed by atoms with Gasteiger partial charge < -0.3 is 14.5 Å². The highest BCUT2D eigenvalue weighted by Gasteiger charge is 2.22. The van der Waals surface area contributed by atoms with Gasteiger partial charge in [0, 0.05) is 18.0 Å². The second kappa shape index (κ2) is 8.98. The van der Waals surface area contributed by atoms with E-state index in [4.69, 9.17) is 11.6 Å². The second-order valence-electron chi connectivity index (χ2n) is 7.00. The SMILES string of the molecule is COC(=O)Nc1cc(C#N)cc(C)c1NC(=O)c1ncc2cccn2c1-c1cccnc1Cl.